The number of benzene rings is 3. The maximum Gasteiger partial charge on any atom is 0.303 e. The number of aryl methyl sites for hydroxylation is 1. The van der Waals surface area contributed by atoms with Gasteiger partial charge in [0.2, 0.25) is 0 Å². The Labute approximate surface area is 298 Å². The monoisotopic (exact) mass is 734 g/mol. The van der Waals surface area contributed by atoms with Crippen molar-refractivity contribution in [3.63, 3.8) is 0 Å². The summed E-state index contributed by atoms with van der Waals surface area (Å²) in [6, 6.07) is 13.3. The Kier molecular flexibility index (Phi) is 8.94. The first kappa shape index (κ1) is 35.4. The van der Waals surface area contributed by atoms with Crippen LogP contribution in [0, 0.1) is 0 Å². The minimum Gasteiger partial charge on any atom is -0.481 e. The molecule has 3 heterocycles. The number of hydrogen-bond donors (Lipinski definition) is 3. The summed E-state index contributed by atoms with van der Waals surface area (Å²) in [5.74, 6) is 0.0524. The normalized spacial score (nSPS) is 23.4. The van der Waals surface area contributed by atoms with E-state index in [1.165, 1.54) is 24.3 Å². The van der Waals surface area contributed by atoms with Crippen LogP contribution in [0.3, 0.4) is 0 Å². The predicted octanol–water partition coefficient (Wildman–Crippen LogP) is 6.78. The van der Waals surface area contributed by atoms with Gasteiger partial charge in [0.1, 0.15) is 5.82 Å². The third-order valence-corrected chi connectivity index (χ3v) is 12.8. The lowest BCUT2D eigenvalue weighted by molar-refractivity contribution is -0.137. The third-order valence-electron chi connectivity index (χ3n) is 11.1. The van der Waals surface area contributed by atoms with Gasteiger partial charge in [-0.25, -0.2) is 0 Å². The molecule has 0 radical (unpaired) electrons. The van der Waals surface area contributed by atoms with Crippen LogP contribution in [0.15, 0.2) is 93.5 Å². The Hall–Kier alpha value is -4.01. The SMILES string of the molecule is C=C1C2=CC3=C4N(C)c5cc(S(=O)(=O)O)ccc5N4CCC3OC2CCCc2ccc3cc(S(=O)(=O)O)ccc3c2C1(C)CCCCCC(=O)O. The van der Waals surface area contributed by atoms with Gasteiger partial charge in [-0.05, 0) is 108 Å². The van der Waals surface area contributed by atoms with Crippen LogP contribution in [0.1, 0.15) is 69.4 Å². The molecule has 3 aromatic carbocycles. The van der Waals surface area contributed by atoms with E-state index in [1.54, 1.807) is 12.1 Å². The molecule has 0 fully saturated rings. The predicted molar refractivity (Wildman–Crippen MR) is 194 cm³/mol. The smallest absolute Gasteiger partial charge is 0.303 e. The molecule has 3 N–H and O–H groups in total. The highest BCUT2D eigenvalue weighted by Gasteiger charge is 2.44. The van der Waals surface area contributed by atoms with Crippen molar-refractivity contribution in [2.24, 2.45) is 0 Å². The van der Waals surface area contributed by atoms with Crippen LogP contribution in [0.4, 0.5) is 11.4 Å². The molecule has 3 unspecified atom stereocenters. The van der Waals surface area contributed by atoms with Gasteiger partial charge in [0.15, 0.2) is 0 Å². The lowest BCUT2D eigenvalue weighted by atomic mass is 9.66. The summed E-state index contributed by atoms with van der Waals surface area (Å²) in [4.78, 5) is 15.0. The number of carboxylic acids is 1. The van der Waals surface area contributed by atoms with Gasteiger partial charge in [0.05, 0.1) is 33.4 Å². The maximum atomic E-state index is 12.1. The van der Waals surface area contributed by atoms with Gasteiger partial charge in [0.25, 0.3) is 20.2 Å². The van der Waals surface area contributed by atoms with E-state index in [0.29, 0.717) is 36.9 Å². The molecule has 0 amide bonds. The molecule has 3 aliphatic heterocycles. The summed E-state index contributed by atoms with van der Waals surface area (Å²) in [7, 11) is -6.93. The second-order valence-electron chi connectivity index (χ2n) is 14.2. The van der Waals surface area contributed by atoms with E-state index in [9.17, 15) is 35.8 Å². The van der Waals surface area contributed by atoms with Crippen molar-refractivity contribution in [2.45, 2.75) is 92.1 Å². The number of carboxylic acid groups (broad SMARTS) is 1. The number of aliphatic carboxylic acids is 1. The average molecular weight is 735 g/mol. The number of anilines is 2. The summed E-state index contributed by atoms with van der Waals surface area (Å²) >= 11 is 0. The zero-order valence-corrected chi connectivity index (χ0v) is 30.3. The number of fused-ring (bicyclic) bond motifs is 8. The van der Waals surface area contributed by atoms with Crippen LogP contribution in [-0.2, 0) is 41.6 Å². The van der Waals surface area contributed by atoms with Crippen LogP contribution in [0.25, 0.3) is 10.8 Å². The second kappa shape index (κ2) is 12.9. The summed E-state index contributed by atoms with van der Waals surface area (Å²) in [5.41, 5.74) is 5.81. The number of ether oxygens (including phenoxy) is 1. The molecule has 7 rings (SSSR count). The molecule has 0 saturated carbocycles. The van der Waals surface area contributed by atoms with Crippen molar-refractivity contribution in [3.05, 3.63) is 94.9 Å². The van der Waals surface area contributed by atoms with Crippen molar-refractivity contribution >= 4 is 48.4 Å². The Balaban J connectivity index is 1.37. The number of hydrogen-bond acceptors (Lipinski definition) is 8. The molecule has 3 aromatic rings. The minimum atomic E-state index is -4.42. The molecule has 0 bridgehead atoms. The Morgan fingerprint density at radius 3 is 2.39 bits per heavy atom. The van der Waals surface area contributed by atoms with Crippen LogP contribution < -0.4 is 9.80 Å². The maximum absolute atomic E-state index is 12.1. The quantitative estimate of drug-likeness (QED) is 0.165. The fraction of sp³-hybridized carbons (Fsp3) is 0.395. The summed E-state index contributed by atoms with van der Waals surface area (Å²) in [5, 5.41) is 10.8. The fourth-order valence-electron chi connectivity index (χ4n) is 8.56. The minimum absolute atomic E-state index is 0.0904. The van der Waals surface area contributed by atoms with Gasteiger partial charge in [-0.1, -0.05) is 44.5 Å². The van der Waals surface area contributed by atoms with Crippen LogP contribution in [0.2, 0.25) is 0 Å². The van der Waals surface area contributed by atoms with Gasteiger partial charge in [0, 0.05) is 31.0 Å². The van der Waals surface area contributed by atoms with Crippen molar-refractivity contribution in [1.29, 1.82) is 0 Å². The molecule has 0 spiro atoms. The number of unbranched alkanes of at least 4 members (excludes halogenated alkanes) is 2. The molecule has 4 aliphatic rings. The molecule has 51 heavy (non-hydrogen) atoms. The van der Waals surface area contributed by atoms with Gasteiger partial charge >= 0.3 is 5.97 Å². The number of carbonyl (C=O) groups is 1. The first-order chi connectivity index (χ1) is 24.1. The highest BCUT2D eigenvalue weighted by Crippen LogP contribution is 2.52. The van der Waals surface area contributed by atoms with Gasteiger partial charge in [-0.3, -0.25) is 13.9 Å². The van der Waals surface area contributed by atoms with Crippen LogP contribution in [0.5, 0.6) is 0 Å². The van der Waals surface area contributed by atoms with E-state index in [-0.39, 0.29) is 28.4 Å². The van der Waals surface area contributed by atoms with Crippen LogP contribution in [-0.4, -0.2) is 62.8 Å². The van der Waals surface area contributed by atoms with E-state index in [0.717, 1.165) is 76.8 Å². The van der Waals surface area contributed by atoms with Gasteiger partial charge in [-0.15, -0.1) is 0 Å². The van der Waals surface area contributed by atoms with E-state index in [4.69, 9.17) is 11.3 Å². The molecule has 13 heteroatoms. The zero-order valence-electron chi connectivity index (χ0n) is 28.6. The molecule has 0 saturated heterocycles. The van der Waals surface area contributed by atoms with Crippen molar-refractivity contribution < 1.29 is 40.6 Å². The van der Waals surface area contributed by atoms with E-state index in [1.807, 2.05) is 24.1 Å². The second-order valence-corrected chi connectivity index (χ2v) is 17.1. The molecule has 1 aliphatic carbocycles. The zero-order chi connectivity index (χ0) is 36.5. The molecule has 0 aromatic heterocycles. The molecular formula is C38H42N2O9S2. The third kappa shape index (κ3) is 6.29. The number of nitrogens with zero attached hydrogens (tertiary/aromatic N) is 2. The van der Waals surface area contributed by atoms with E-state index < -0.39 is 31.6 Å². The summed E-state index contributed by atoms with van der Waals surface area (Å²) in [6.45, 7) is 7.61. The van der Waals surface area contributed by atoms with Crippen molar-refractivity contribution in [3.8, 4) is 0 Å². The largest absolute Gasteiger partial charge is 0.481 e. The summed E-state index contributed by atoms with van der Waals surface area (Å²) < 4.78 is 74.7. The van der Waals surface area contributed by atoms with E-state index in [2.05, 4.69) is 17.9 Å². The first-order valence-electron chi connectivity index (χ1n) is 17.3. The Morgan fingerprint density at radius 2 is 1.67 bits per heavy atom. The fourth-order valence-corrected chi connectivity index (χ4v) is 9.57. The first-order valence-corrected chi connectivity index (χ1v) is 20.1. The van der Waals surface area contributed by atoms with E-state index >= 15 is 0 Å². The highest BCUT2D eigenvalue weighted by molar-refractivity contribution is 7.86. The lowest BCUT2D eigenvalue weighted by Gasteiger charge is -2.43. The Morgan fingerprint density at radius 1 is 0.941 bits per heavy atom. The topological polar surface area (TPSA) is 162 Å². The molecule has 11 nitrogen and oxygen atoms in total. The molecule has 3 atom stereocenters. The van der Waals surface area contributed by atoms with Gasteiger partial charge < -0.3 is 19.6 Å². The average Bonchev–Trinajstić information content (AvgIpc) is 3.38. The lowest BCUT2D eigenvalue weighted by Crippen LogP contribution is -2.43. The molecule has 270 valence electrons. The molecular weight excluding hydrogens is 693 g/mol. The Bertz CT molecular complexity index is 2260. The highest BCUT2D eigenvalue weighted by atomic mass is 32.2. The van der Waals surface area contributed by atoms with Crippen LogP contribution >= 0.6 is 0 Å². The summed E-state index contributed by atoms with van der Waals surface area (Å²) in [6.07, 6.45) is 7.60. The van der Waals surface area contributed by atoms with Gasteiger partial charge in [-0.2, -0.15) is 16.8 Å². The number of rotatable bonds is 8. The van der Waals surface area contributed by atoms with Crippen molar-refractivity contribution in [1.82, 2.24) is 0 Å². The van der Waals surface area contributed by atoms with Crippen molar-refractivity contribution in [2.75, 3.05) is 23.4 Å². The standard InChI is InChI=1S/C38H42N2O9S2/c1-23-29-22-30-34(17-19-40-31-16-14-27(51(46,47)48)21-32(31)39(3)37(30)40)49-33(29)9-7-8-24-11-12-25-20-26(50(43,44)45)13-15-28(25)36(24)38(23,2)18-6-4-5-10-35(41)42/h11-16,20-22,33-34H,1,4-10,17-19H2,2-3H3,(H,41,42)(H,43,44,45)(H,46,47,48).